The molecule has 1 aliphatic heterocycles. The van der Waals surface area contributed by atoms with Crippen molar-refractivity contribution in [2.75, 3.05) is 51.2 Å². The van der Waals surface area contributed by atoms with Crippen molar-refractivity contribution < 1.29 is 9.47 Å². The largest absolute Gasteiger partial charge is 0.467 e. The highest BCUT2D eigenvalue weighted by Crippen LogP contribution is 2.21. The van der Waals surface area contributed by atoms with Crippen molar-refractivity contribution in [1.29, 1.82) is 0 Å². The van der Waals surface area contributed by atoms with E-state index in [0.29, 0.717) is 18.5 Å². The van der Waals surface area contributed by atoms with Gasteiger partial charge in [0.05, 0.1) is 24.9 Å². The van der Waals surface area contributed by atoms with Gasteiger partial charge in [-0.2, -0.15) is 9.97 Å². The second-order valence-corrected chi connectivity index (χ2v) is 6.31. The van der Waals surface area contributed by atoms with Crippen LogP contribution in [-0.2, 0) is 11.3 Å². The molecule has 0 spiro atoms. The fourth-order valence-electron chi connectivity index (χ4n) is 2.94. The molecule has 0 amide bonds. The molecule has 1 fully saturated rings. The van der Waals surface area contributed by atoms with Crippen LogP contribution >= 0.6 is 0 Å². The Morgan fingerprint density at radius 2 is 1.96 bits per heavy atom. The van der Waals surface area contributed by atoms with Crippen molar-refractivity contribution in [1.82, 2.24) is 25.3 Å². The van der Waals surface area contributed by atoms with E-state index in [0.717, 1.165) is 24.6 Å². The summed E-state index contributed by atoms with van der Waals surface area (Å²) in [5, 5.41) is 3.52. The van der Waals surface area contributed by atoms with E-state index in [1.165, 1.54) is 0 Å². The number of anilines is 2. The third-order valence-electron chi connectivity index (χ3n) is 4.34. The summed E-state index contributed by atoms with van der Waals surface area (Å²) in [6.07, 6.45) is 3.55. The minimum Gasteiger partial charge on any atom is -0.467 e. The fraction of sp³-hybridized carbons (Fsp3) is 0.529. The predicted octanol–water partition coefficient (Wildman–Crippen LogP) is 0.335. The van der Waals surface area contributed by atoms with E-state index in [1.807, 2.05) is 31.1 Å². The Bertz CT molecular complexity index is 728. The average molecular weight is 359 g/mol. The molecule has 2 atom stereocenters. The predicted molar refractivity (Wildman–Crippen MR) is 98.6 cm³/mol. The van der Waals surface area contributed by atoms with E-state index >= 15 is 0 Å². The molecule has 2 aromatic rings. The summed E-state index contributed by atoms with van der Waals surface area (Å²) in [5.41, 5.74) is 0.877. The van der Waals surface area contributed by atoms with Gasteiger partial charge in [-0.1, -0.05) is 0 Å². The first-order chi connectivity index (χ1) is 12.6. The normalized spacial score (nSPS) is 19.6. The molecule has 3 rings (SSSR count). The van der Waals surface area contributed by atoms with Crippen LogP contribution in [0.1, 0.15) is 5.69 Å². The van der Waals surface area contributed by atoms with Gasteiger partial charge < -0.3 is 24.6 Å². The van der Waals surface area contributed by atoms with Crippen molar-refractivity contribution in [2.24, 2.45) is 0 Å². The highest BCUT2D eigenvalue weighted by Gasteiger charge is 2.33. The first-order valence-corrected chi connectivity index (χ1v) is 8.48. The Morgan fingerprint density at radius 1 is 1.15 bits per heavy atom. The molecule has 3 heterocycles. The van der Waals surface area contributed by atoms with Crippen LogP contribution in [0.5, 0.6) is 6.01 Å². The Kier molecular flexibility index (Phi) is 5.79. The fourth-order valence-corrected chi connectivity index (χ4v) is 2.94. The van der Waals surface area contributed by atoms with Gasteiger partial charge in [-0.05, 0) is 12.1 Å². The number of ether oxygens (including phenoxy) is 2. The Labute approximate surface area is 153 Å². The number of hydrogen-bond acceptors (Lipinski definition) is 9. The first-order valence-electron chi connectivity index (χ1n) is 8.48. The highest BCUT2D eigenvalue weighted by molar-refractivity contribution is 5.45. The van der Waals surface area contributed by atoms with E-state index < -0.39 is 0 Å². The maximum Gasteiger partial charge on any atom is 0.316 e. The van der Waals surface area contributed by atoms with Gasteiger partial charge in [0.15, 0.2) is 0 Å². The van der Waals surface area contributed by atoms with Crippen molar-refractivity contribution in [3.05, 3.63) is 30.2 Å². The summed E-state index contributed by atoms with van der Waals surface area (Å²) >= 11 is 0. The van der Waals surface area contributed by atoms with Gasteiger partial charge in [-0.25, -0.2) is 9.97 Å². The lowest BCUT2D eigenvalue weighted by Gasteiger charge is -2.19. The number of rotatable bonds is 7. The van der Waals surface area contributed by atoms with E-state index in [9.17, 15) is 0 Å². The zero-order chi connectivity index (χ0) is 18.5. The van der Waals surface area contributed by atoms with Gasteiger partial charge in [0.2, 0.25) is 5.95 Å². The van der Waals surface area contributed by atoms with Gasteiger partial charge in [-0.15, -0.1) is 0 Å². The second-order valence-electron chi connectivity index (χ2n) is 6.31. The molecule has 0 radical (unpaired) electrons. The molecule has 0 aromatic carbocycles. The number of nitrogens with zero attached hydrogens (tertiary/aromatic N) is 6. The van der Waals surface area contributed by atoms with Gasteiger partial charge in [-0.3, -0.25) is 0 Å². The summed E-state index contributed by atoms with van der Waals surface area (Å²) in [4.78, 5) is 21.4. The second kappa shape index (κ2) is 8.24. The Morgan fingerprint density at radius 3 is 2.69 bits per heavy atom. The lowest BCUT2D eigenvalue weighted by Crippen LogP contribution is -2.39. The van der Waals surface area contributed by atoms with E-state index in [1.54, 1.807) is 26.6 Å². The third-order valence-corrected chi connectivity index (χ3v) is 4.34. The van der Waals surface area contributed by atoms with Crippen LogP contribution in [0.4, 0.5) is 11.8 Å². The van der Waals surface area contributed by atoms with Gasteiger partial charge in [0, 0.05) is 53.2 Å². The summed E-state index contributed by atoms with van der Waals surface area (Å²) in [7, 11) is 7.16. The van der Waals surface area contributed by atoms with Crippen LogP contribution in [0.25, 0.3) is 0 Å². The topological polar surface area (TPSA) is 88.5 Å². The van der Waals surface area contributed by atoms with Crippen LogP contribution < -0.4 is 19.9 Å². The summed E-state index contributed by atoms with van der Waals surface area (Å²) in [6, 6.07) is 4.34. The smallest absolute Gasteiger partial charge is 0.316 e. The molecular weight excluding hydrogens is 334 g/mol. The van der Waals surface area contributed by atoms with Gasteiger partial charge in [0.1, 0.15) is 5.82 Å². The van der Waals surface area contributed by atoms with Crippen molar-refractivity contribution >= 4 is 11.8 Å². The number of nitrogens with one attached hydrogen (secondary N) is 1. The summed E-state index contributed by atoms with van der Waals surface area (Å²) in [6.45, 7) is 2.18. The molecule has 0 bridgehead atoms. The minimum absolute atomic E-state index is 0.0662. The van der Waals surface area contributed by atoms with Crippen LogP contribution in [-0.4, -0.2) is 73.5 Å². The lowest BCUT2D eigenvalue weighted by atomic mass is 10.2. The summed E-state index contributed by atoms with van der Waals surface area (Å²) in [5.74, 6) is 1.60. The van der Waals surface area contributed by atoms with Gasteiger partial charge >= 0.3 is 6.01 Å². The molecule has 1 saturated heterocycles. The SMILES string of the molecule is COc1nccc(CN[C@H]2CN(c3ccnc(N(C)C)n3)C[C@H]2OC)n1. The zero-order valence-corrected chi connectivity index (χ0v) is 15.6. The quantitative estimate of drug-likeness (QED) is 0.751. The Balaban J connectivity index is 1.66. The van der Waals surface area contributed by atoms with Crippen LogP contribution in [0.15, 0.2) is 24.5 Å². The molecule has 1 aliphatic rings. The van der Waals surface area contributed by atoms with E-state index in [-0.39, 0.29) is 12.1 Å². The summed E-state index contributed by atoms with van der Waals surface area (Å²) < 4.78 is 10.7. The highest BCUT2D eigenvalue weighted by atomic mass is 16.5. The monoisotopic (exact) mass is 359 g/mol. The molecule has 9 nitrogen and oxygen atoms in total. The number of hydrogen-bond donors (Lipinski definition) is 1. The number of methoxy groups -OCH3 is 2. The third kappa shape index (κ3) is 4.17. The van der Waals surface area contributed by atoms with Crippen LogP contribution in [0, 0.1) is 0 Å². The molecule has 26 heavy (non-hydrogen) atoms. The van der Waals surface area contributed by atoms with Crippen molar-refractivity contribution in [2.45, 2.75) is 18.7 Å². The molecule has 1 N–H and O–H groups in total. The molecule has 0 saturated carbocycles. The van der Waals surface area contributed by atoms with Gasteiger partial charge in [0.25, 0.3) is 0 Å². The van der Waals surface area contributed by atoms with Crippen molar-refractivity contribution in [3.8, 4) is 6.01 Å². The zero-order valence-electron chi connectivity index (χ0n) is 15.6. The molecule has 2 aromatic heterocycles. The molecule has 0 unspecified atom stereocenters. The average Bonchev–Trinajstić information content (AvgIpc) is 3.10. The van der Waals surface area contributed by atoms with Crippen LogP contribution in [0.2, 0.25) is 0 Å². The molecular formula is C17H25N7O2. The molecule has 140 valence electrons. The lowest BCUT2D eigenvalue weighted by molar-refractivity contribution is 0.0965. The maximum absolute atomic E-state index is 5.67. The standard InChI is InChI=1S/C17H25N7O2/c1-23(2)16-18-8-6-15(22-16)24-10-13(14(11-24)25-3)20-9-12-5-7-19-17(21-12)26-4/h5-8,13-14,20H,9-11H2,1-4H3/t13-,14+/m0/s1. The first kappa shape index (κ1) is 18.3. The van der Waals surface area contributed by atoms with Crippen molar-refractivity contribution in [3.63, 3.8) is 0 Å². The van der Waals surface area contributed by atoms with Crippen LogP contribution in [0.3, 0.4) is 0 Å². The molecule has 9 heteroatoms. The maximum atomic E-state index is 5.67. The number of aromatic nitrogens is 4. The Hall–Kier alpha value is -2.52. The van der Waals surface area contributed by atoms with E-state index in [4.69, 9.17) is 9.47 Å². The minimum atomic E-state index is 0.0662. The molecule has 0 aliphatic carbocycles. The van der Waals surface area contributed by atoms with E-state index in [2.05, 4.69) is 30.2 Å².